The van der Waals surface area contributed by atoms with Crippen LogP contribution in [0.15, 0.2) is 53.6 Å². The van der Waals surface area contributed by atoms with Gasteiger partial charge in [0.25, 0.3) is 11.6 Å². The zero-order chi connectivity index (χ0) is 19.8. The fourth-order valence-corrected chi connectivity index (χ4v) is 3.03. The summed E-state index contributed by atoms with van der Waals surface area (Å²) in [5, 5.41) is 27.3. The Morgan fingerprint density at radius 1 is 1.19 bits per heavy atom. The molecule has 0 spiro atoms. The number of nitro benzene ring substituents is 1. The quantitative estimate of drug-likeness (QED) is 0.661. The van der Waals surface area contributed by atoms with Crippen LogP contribution in [0.3, 0.4) is 0 Å². The largest absolute Gasteiger partial charge is 0.378 e. The highest BCUT2D eigenvalue weighted by Gasteiger charge is 2.45. The molecule has 8 heteroatoms. The van der Waals surface area contributed by atoms with Crippen LogP contribution in [0.2, 0.25) is 0 Å². The molecule has 0 fully saturated rings. The lowest BCUT2D eigenvalue weighted by Gasteiger charge is -2.31. The Labute approximate surface area is 156 Å². The SMILES string of the molecule is CC1=NN(C(=O)c2ccc(N(C)C)cc2)[C@](O)(c2ccc([N+](=O)[O-])cc2)C1. The Morgan fingerprint density at radius 3 is 2.30 bits per heavy atom. The van der Waals surface area contributed by atoms with Crippen molar-refractivity contribution in [3.8, 4) is 0 Å². The Balaban J connectivity index is 1.94. The molecular weight excluding hydrogens is 348 g/mol. The van der Waals surface area contributed by atoms with Crippen molar-refractivity contribution in [2.45, 2.75) is 19.1 Å². The number of hydrazone groups is 1. The van der Waals surface area contributed by atoms with E-state index in [1.54, 1.807) is 19.1 Å². The maximum atomic E-state index is 13.0. The van der Waals surface area contributed by atoms with Crippen molar-refractivity contribution in [2.24, 2.45) is 5.10 Å². The third-order valence-corrected chi connectivity index (χ3v) is 4.49. The molecule has 0 aromatic heterocycles. The second kappa shape index (κ2) is 6.81. The van der Waals surface area contributed by atoms with Crippen molar-refractivity contribution in [3.63, 3.8) is 0 Å². The number of carbonyl (C=O) groups excluding carboxylic acids is 1. The van der Waals surface area contributed by atoms with Gasteiger partial charge < -0.3 is 10.0 Å². The molecule has 0 saturated carbocycles. The third-order valence-electron chi connectivity index (χ3n) is 4.49. The summed E-state index contributed by atoms with van der Waals surface area (Å²) in [4.78, 5) is 25.2. The first-order chi connectivity index (χ1) is 12.7. The van der Waals surface area contributed by atoms with Gasteiger partial charge in [-0.05, 0) is 43.3 Å². The van der Waals surface area contributed by atoms with E-state index in [0.717, 1.165) is 10.7 Å². The minimum Gasteiger partial charge on any atom is -0.378 e. The number of carbonyl (C=O) groups is 1. The lowest BCUT2D eigenvalue weighted by Crippen LogP contribution is -2.43. The maximum Gasteiger partial charge on any atom is 0.276 e. The predicted molar refractivity (Wildman–Crippen MR) is 102 cm³/mol. The fourth-order valence-electron chi connectivity index (χ4n) is 3.03. The molecule has 1 amide bonds. The van der Waals surface area contributed by atoms with E-state index in [1.165, 1.54) is 24.3 Å². The minimum atomic E-state index is -1.68. The van der Waals surface area contributed by atoms with Gasteiger partial charge in [-0.3, -0.25) is 14.9 Å². The number of hydrogen-bond acceptors (Lipinski definition) is 6. The maximum absolute atomic E-state index is 13.0. The van der Waals surface area contributed by atoms with Gasteiger partial charge in [0.2, 0.25) is 0 Å². The van der Waals surface area contributed by atoms with Crippen LogP contribution in [0.1, 0.15) is 29.3 Å². The number of rotatable bonds is 4. The third kappa shape index (κ3) is 3.39. The Bertz CT molecular complexity index is 906. The Morgan fingerprint density at radius 2 is 1.78 bits per heavy atom. The van der Waals surface area contributed by atoms with Gasteiger partial charge in [-0.2, -0.15) is 10.1 Å². The summed E-state index contributed by atoms with van der Waals surface area (Å²) >= 11 is 0. The highest BCUT2D eigenvalue weighted by molar-refractivity contribution is 5.98. The van der Waals surface area contributed by atoms with Gasteiger partial charge in [0.1, 0.15) is 0 Å². The predicted octanol–water partition coefficient (Wildman–Crippen LogP) is 2.73. The second-order valence-electron chi connectivity index (χ2n) is 6.69. The summed E-state index contributed by atoms with van der Waals surface area (Å²) in [7, 11) is 3.80. The van der Waals surface area contributed by atoms with Crippen molar-refractivity contribution in [1.29, 1.82) is 0 Å². The number of nitro groups is 1. The monoisotopic (exact) mass is 368 g/mol. The molecule has 1 atom stereocenters. The molecule has 1 N–H and O–H groups in total. The standard InChI is InChI=1S/C19H20N4O4/c1-13-12-19(25,15-6-10-17(11-7-15)23(26)27)22(20-13)18(24)14-4-8-16(9-5-14)21(2)3/h4-11,25H,12H2,1-3H3/t19-/m1/s1. The van der Waals surface area contributed by atoms with Gasteiger partial charge in [0.15, 0.2) is 5.72 Å². The van der Waals surface area contributed by atoms with E-state index in [9.17, 15) is 20.0 Å². The van der Waals surface area contributed by atoms with E-state index in [4.69, 9.17) is 0 Å². The minimum absolute atomic E-state index is 0.0878. The van der Waals surface area contributed by atoms with Gasteiger partial charge in [-0.15, -0.1) is 0 Å². The van der Waals surface area contributed by atoms with Crippen molar-refractivity contribution in [1.82, 2.24) is 5.01 Å². The van der Waals surface area contributed by atoms with Crippen LogP contribution in [0.25, 0.3) is 0 Å². The molecule has 0 bridgehead atoms. The number of aliphatic hydroxyl groups is 1. The lowest BCUT2D eigenvalue weighted by molar-refractivity contribution is -0.384. The summed E-state index contributed by atoms with van der Waals surface area (Å²) in [5.41, 5.74) is 0.519. The molecule has 8 nitrogen and oxygen atoms in total. The van der Waals surface area contributed by atoms with E-state index < -0.39 is 16.6 Å². The van der Waals surface area contributed by atoms with Crippen LogP contribution in [-0.2, 0) is 5.72 Å². The molecule has 2 aromatic carbocycles. The van der Waals surface area contributed by atoms with Crippen LogP contribution >= 0.6 is 0 Å². The number of anilines is 1. The molecule has 140 valence electrons. The van der Waals surface area contributed by atoms with Gasteiger partial charge >= 0.3 is 0 Å². The van der Waals surface area contributed by atoms with E-state index in [2.05, 4.69) is 5.10 Å². The van der Waals surface area contributed by atoms with Crippen molar-refractivity contribution in [2.75, 3.05) is 19.0 Å². The summed E-state index contributed by atoms with van der Waals surface area (Å²) in [5.74, 6) is -0.446. The molecular formula is C19H20N4O4. The highest BCUT2D eigenvalue weighted by atomic mass is 16.6. The zero-order valence-corrected chi connectivity index (χ0v) is 15.3. The molecule has 0 saturated heterocycles. The van der Waals surface area contributed by atoms with Crippen LogP contribution in [0, 0.1) is 10.1 Å². The van der Waals surface area contributed by atoms with Crippen LogP contribution in [-0.4, -0.2) is 40.8 Å². The van der Waals surface area contributed by atoms with E-state index >= 15 is 0 Å². The summed E-state index contributed by atoms with van der Waals surface area (Å²) in [6.07, 6.45) is 0.131. The fraction of sp³-hybridized carbons (Fsp3) is 0.263. The summed E-state index contributed by atoms with van der Waals surface area (Å²) in [6, 6.07) is 12.5. The molecule has 27 heavy (non-hydrogen) atoms. The van der Waals surface area contributed by atoms with Crippen molar-refractivity contribution in [3.05, 3.63) is 69.8 Å². The number of amides is 1. The first kappa shape index (κ1) is 18.5. The van der Waals surface area contributed by atoms with E-state index in [0.29, 0.717) is 16.8 Å². The number of nitrogens with zero attached hydrogens (tertiary/aromatic N) is 4. The molecule has 0 unspecified atom stereocenters. The first-order valence-corrected chi connectivity index (χ1v) is 8.36. The highest BCUT2D eigenvalue weighted by Crippen LogP contribution is 2.37. The molecule has 0 aliphatic carbocycles. The van der Waals surface area contributed by atoms with Gasteiger partial charge in [0, 0.05) is 55.2 Å². The van der Waals surface area contributed by atoms with Crippen LogP contribution in [0.4, 0.5) is 11.4 Å². The van der Waals surface area contributed by atoms with Crippen LogP contribution < -0.4 is 4.90 Å². The Hall–Kier alpha value is -3.26. The zero-order valence-electron chi connectivity index (χ0n) is 15.3. The smallest absolute Gasteiger partial charge is 0.276 e. The normalized spacial score (nSPS) is 19.0. The van der Waals surface area contributed by atoms with Crippen LogP contribution in [0.5, 0.6) is 0 Å². The number of hydrogen-bond donors (Lipinski definition) is 1. The summed E-state index contributed by atoms with van der Waals surface area (Å²) in [6.45, 7) is 1.72. The Kier molecular flexibility index (Phi) is 4.67. The second-order valence-corrected chi connectivity index (χ2v) is 6.69. The molecule has 1 heterocycles. The van der Waals surface area contributed by atoms with Crippen molar-refractivity contribution < 1.29 is 14.8 Å². The van der Waals surface area contributed by atoms with E-state index in [1.807, 2.05) is 31.1 Å². The average Bonchev–Trinajstić information content (AvgIpc) is 2.96. The van der Waals surface area contributed by atoms with Gasteiger partial charge in [-0.25, -0.2) is 0 Å². The molecule has 3 rings (SSSR count). The summed E-state index contributed by atoms with van der Waals surface area (Å²) < 4.78 is 0. The molecule has 2 aromatic rings. The van der Waals surface area contributed by atoms with Gasteiger partial charge in [-0.1, -0.05) is 0 Å². The average molecular weight is 368 g/mol. The molecule has 0 radical (unpaired) electrons. The van der Waals surface area contributed by atoms with E-state index in [-0.39, 0.29) is 12.1 Å². The molecule has 1 aliphatic rings. The number of non-ortho nitro benzene ring substituents is 1. The van der Waals surface area contributed by atoms with Gasteiger partial charge in [0.05, 0.1) is 4.92 Å². The molecule has 1 aliphatic heterocycles. The lowest BCUT2D eigenvalue weighted by atomic mass is 9.97. The first-order valence-electron chi connectivity index (χ1n) is 8.36. The number of benzene rings is 2. The topological polar surface area (TPSA) is 99.3 Å². The van der Waals surface area contributed by atoms with Crippen molar-refractivity contribution >= 4 is 23.0 Å².